The molecule has 3 rings (SSSR count). The van der Waals surface area contributed by atoms with E-state index in [-0.39, 0.29) is 5.91 Å². The minimum atomic E-state index is -0.332. The monoisotopic (exact) mass is 366 g/mol. The molecular formula is C20H19ClN4O. The van der Waals surface area contributed by atoms with Crippen LogP contribution in [0.5, 0.6) is 0 Å². The van der Waals surface area contributed by atoms with Gasteiger partial charge in [0.25, 0.3) is 5.91 Å². The van der Waals surface area contributed by atoms with Gasteiger partial charge in [0.1, 0.15) is 0 Å². The minimum absolute atomic E-state index is 0.325. The highest BCUT2D eigenvalue weighted by Crippen LogP contribution is 2.11. The summed E-state index contributed by atoms with van der Waals surface area (Å²) in [5, 5.41) is 9.24. The van der Waals surface area contributed by atoms with E-state index in [2.05, 4.69) is 15.6 Å². The summed E-state index contributed by atoms with van der Waals surface area (Å²) in [6.07, 6.45) is 2.49. The Morgan fingerprint density at radius 2 is 1.85 bits per heavy atom. The number of hydrazone groups is 1. The molecule has 2 aromatic carbocycles. The van der Waals surface area contributed by atoms with Crippen LogP contribution in [0.4, 0.5) is 0 Å². The second kappa shape index (κ2) is 8.45. The van der Waals surface area contributed by atoms with Crippen molar-refractivity contribution in [3.63, 3.8) is 0 Å². The molecule has 132 valence electrons. The highest BCUT2D eigenvalue weighted by atomic mass is 35.5. The van der Waals surface area contributed by atoms with Crippen LogP contribution in [0.1, 0.15) is 35.0 Å². The number of carbonyl (C=O) groups excluding carboxylic acids is 1. The van der Waals surface area contributed by atoms with Crippen LogP contribution in [0.25, 0.3) is 0 Å². The number of benzene rings is 2. The second-order valence-corrected chi connectivity index (χ2v) is 6.18. The molecule has 0 atom stereocenters. The van der Waals surface area contributed by atoms with E-state index < -0.39 is 0 Å². The topological polar surface area (TPSA) is 59.3 Å². The number of hydrogen-bond donors (Lipinski definition) is 1. The smallest absolute Gasteiger partial charge is 0.268 e. The maximum Gasteiger partial charge on any atom is 0.291 e. The molecule has 0 radical (unpaired) electrons. The van der Waals surface area contributed by atoms with Crippen LogP contribution in [0, 0.1) is 0 Å². The lowest BCUT2D eigenvalue weighted by atomic mass is 10.1. The lowest BCUT2D eigenvalue weighted by Gasteiger charge is -2.04. The third kappa shape index (κ3) is 4.58. The zero-order valence-electron chi connectivity index (χ0n) is 14.4. The molecule has 3 aromatic rings. The number of nitrogens with zero attached hydrogens (tertiary/aromatic N) is 3. The van der Waals surface area contributed by atoms with E-state index >= 15 is 0 Å². The number of nitrogens with one attached hydrogen (secondary N) is 1. The van der Waals surface area contributed by atoms with Crippen LogP contribution in [0.15, 0.2) is 72.0 Å². The molecule has 1 aromatic heterocycles. The number of carbonyl (C=O) groups is 1. The minimum Gasteiger partial charge on any atom is -0.268 e. The molecule has 0 aliphatic heterocycles. The molecular weight excluding hydrogens is 348 g/mol. The van der Waals surface area contributed by atoms with Crippen molar-refractivity contribution in [3.8, 4) is 0 Å². The molecule has 5 nitrogen and oxygen atoms in total. The average molecular weight is 367 g/mol. The predicted octanol–water partition coefficient (Wildman–Crippen LogP) is 4.13. The standard InChI is InChI=1S/C20H19ClN4O/c1-2-18(16-6-4-3-5-7-16)22-23-20(26)19-12-13-25(24-19)14-15-8-10-17(21)11-9-15/h3-13H,2,14H2,1H3,(H,23,26)/b22-18-. The van der Waals surface area contributed by atoms with Crippen LogP contribution in [-0.2, 0) is 6.54 Å². The van der Waals surface area contributed by atoms with Gasteiger partial charge in [0.2, 0.25) is 0 Å². The Morgan fingerprint density at radius 1 is 1.12 bits per heavy atom. The molecule has 1 heterocycles. The van der Waals surface area contributed by atoms with Crippen molar-refractivity contribution in [2.24, 2.45) is 5.10 Å². The number of amides is 1. The Kier molecular flexibility index (Phi) is 5.81. The van der Waals surface area contributed by atoms with Crippen LogP contribution in [-0.4, -0.2) is 21.4 Å². The maximum absolute atomic E-state index is 12.3. The molecule has 0 saturated carbocycles. The molecule has 0 saturated heterocycles. The first-order valence-electron chi connectivity index (χ1n) is 8.36. The number of hydrogen-bond acceptors (Lipinski definition) is 3. The van der Waals surface area contributed by atoms with Gasteiger partial charge in [0, 0.05) is 11.2 Å². The van der Waals surface area contributed by atoms with Gasteiger partial charge in [-0.3, -0.25) is 9.48 Å². The molecule has 26 heavy (non-hydrogen) atoms. The molecule has 0 bridgehead atoms. The molecule has 1 N–H and O–H groups in total. The first-order valence-corrected chi connectivity index (χ1v) is 8.73. The van der Waals surface area contributed by atoms with Gasteiger partial charge in [-0.25, -0.2) is 5.43 Å². The summed E-state index contributed by atoms with van der Waals surface area (Å²) in [6, 6.07) is 19.0. The second-order valence-electron chi connectivity index (χ2n) is 5.74. The molecule has 0 fully saturated rings. The highest BCUT2D eigenvalue weighted by Gasteiger charge is 2.10. The summed E-state index contributed by atoms with van der Waals surface area (Å²) < 4.78 is 1.71. The number of halogens is 1. The van der Waals surface area contributed by atoms with Crippen LogP contribution < -0.4 is 5.43 Å². The third-order valence-electron chi connectivity index (χ3n) is 3.87. The Bertz CT molecular complexity index is 901. The third-order valence-corrected chi connectivity index (χ3v) is 4.12. The van der Waals surface area contributed by atoms with E-state index in [0.717, 1.165) is 23.3 Å². The number of rotatable bonds is 6. The summed E-state index contributed by atoms with van der Waals surface area (Å²) in [6.45, 7) is 2.57. The van der Waals surface area contributed by atoms with Crippen molar-refractivity contribution < 1.29 is 4.79 Å². The summed E-state index contributed by atoms with van der Waals surface area (Å²) in [4.78, 5) is 12.3. The summed E-state index contributed by atoms with van der Waals surface area (Å²) in [7, 11) is 0. The Balaban J connectivity index is 1.66. The van der Waals surface area contributed by atoms with Crippen LogP contribution in [0.2, 0.25) is 5.02 Å². The highest BCUT2D eigenvalue weighted by molar-refractivity contribution is 6.30. The van der Waals surface area contributed by atoms with Crippen molar-refractivity contribution in [3.05, 3.63) is 88.7 Å². The Hall–Kier alpha value is -2.92. The van der Waals surface area contributed by atoms with Gasteiger partial charge in [-0.05, 0) is 35.7 Å². The molecule has 0 aliphatic rings. The largest absolute Gasteiger partial charge is 0.291 e. The Morgan fingerprint density at radius 3 is 2.54 bits per heavy atom. The molecule has 0 aliphatic carbocycles. The lowest BCUT2D eigenvalue weighted by molar-refractivity contribution is 0.0949. The van der Waals surface area contributed by atoms with Gasteiger partial charge in [-0.15, -0.1) is 0 Å². The van der Waals surface area contributed by atoms with E-state index in [1.54, 1.807) is 16.9 Å². The first kappa shape index (κ1) is 17.9. The quantitative estimate of drug-likeness (QED) is 0.526. The van der Waals surface area contributed by atoms with Gasteiger partial charge >= 0.3 is 0 Å². The lowest BCUT2D eigenvalue weighted by Crippen LogP contribution is -2.21. The van der Waals surface area contributed by atoms with E-state index in [1.165, 1.54) is 0 Å². The first-order chi connectivity index (χ1) is 12.7. The van der Waals surface area contributed by atoms with Crippen LogP contribution >= 0.6 is 11.6 Å². The summed E-state index contributed by atoms with van der Waals surface area (Å²) in [5.74, 6) is -0.332. The average Bonchev–Trinajstić information content (AvgIpc) is 3.13. The van der Waals surface area contributed by atoms with Crippen molar-refractivity contribution in [2.45, 2.75) is 19.9 Å². The van der Waals surface area contributed by atoms with E-state index in [9.17, 15) is 4.79 Å². The summed E-state index contributed by atoms with van der Waals surface area (Å²) >= 11 is 5.89. The summed E-state index contributed by atoms with van der Waals surface area (Å²) in [5.41, 5.74) is 5.78. The van der Waals surface area contributed by atoms with Crippen molar-refractivity contribution in [1.29, 1.82) is 0 Å². The molecule has 6 heteroatoms. The normalized spacial score (nSPS) is 11.4. The molecule has 1 amide bonds. The van der Waals surface area contributed by atoms with E-state index in [1.807, 2.05) is 61.5 Å². The Labute approximate surface area is 157 Å². The van der Waals surface area contributed by atoms with E-state index in [4.69, 9.17) is 11.6 Å². The van der Waals surface area contributed by atoms with Gasteiger partial charge in [-0.2, -0.15) is 10.2 Å². The fourth-order valence-corrected chi connectivity index (χ4v) is 2.63. The fourth-order valence-electron chi connectivity index (χ4n) is 2.50. The maximum atomic E-state index is 12.3. The van der Waals surface area contributed by atoms with Crippen molar-refractivity contribution in [2.75, 3.05) is 0 Å². The van der Waals surface area contributed by atoms with Gasteiger partial charge < -0.3 is 0 Å². The number of aromatic nitrogens is 2. The van der Waals surface area contributed by atoms with Crippen molar-refractivity contribution >= 4 is 23.2 Å². The zero-order chi connectivity index (χ0) is 18.4. The molecule has 0 spiro atoms. The van der Waals surface area contributed by atoms with Gasteiger partial charge in [-0.1, -0.05) is 61.0 Å². The fraction of sp³-hybridized carbons (Fsp3) is 0.150. The van der Waals surface area contributed by atoms with Crippen molar-refractivity contribution in [1.82, 2.24) is 15.2 Å². The SMILES string of the molecule is CC/C(=N/NC(=O)c1ccn(Cc2ccc(Cl)cc2)n1)c1ccccc1. The zero-order valence-corrected chi connectivity index (χ0v) is 15.1. The van der Waals surface area contributed by atoms with E-state index in [0.29, 0.717) is 17.3 Å². The van der Waals surface area contributed by atoms with Gasteiger partial charge in [0.05, 0.1) is 12.3 Å². The van der Waals surface area contributed by atoms with Crippen LogP contribution in [0.3, 0.4) is 0 Å². The predicted molar refractivity (Wildman–Crippen MR) is 104 cm³/mol. The molecule has 0 unspecified atom stereocenters. The van der Waals surface area contributed by atoms with Gasteiger partial charge in [0.15, 0.2) is 5.69 Å².